The van der Waals surface area contributed by atoms with Gasteiger partial charge in [-0.2, -0.15) is 0 Å². The molecule has 0 saturated carbocycles. The normalized spacial score (nSPS) is 14.8. The lowest BCUT2D eigenvalue weighted by molar-refractivity contribution is -0.133. The molecular weight excluding hydrogens is 615 g/mol. The predicted molar refractivity (Wildman–Crippen MR) is 162 cm³/mol. The molecule has 0 spiro atoms. The number of furan rings is 1. The minimum absolute atomic E-state index is 0.00332. The number of likely N-dealkylation sites (tertiary alicyclic amines) is 1. The molecule has 10 nitrogen and oxygen atoms in total. The van der Waals surface area contributed by atoms with Gasteiger partial charge in [-0.3, -0.25) is 19.4 Å². The zero-order valence-corrected chi connectivity index (χ0v) is 25.2. The molecule has 1 atom stereocenters. The lowest BCUT2D eigenvalue weighted by atomic mass is 10.1. The van der Waals surface area contributed by atoms with E-state index in [9.17, 15) is 22.8 Å². The van der Waals surface area contributed by atoms with Gasteiger partial charge in [0, 0.05) is 46.8 Å². The summed E-state index contributed by atoms with van der Waals surface area (Å²) < 4.78 is 31.7. The van der Waals surface area contributed by atoms with Crippen LogP contribution in [0.1, 0.15) is 29.1 Å². The van der Waals surface area contributed by atoms with Crippen molar-refractivity contribution in [2.45, 2.75) is 35.4 Å². The number of piperidine rings is 1. The first kappa shape index (κ1) is 30.5. The monoisotopic (exact) mass is 642 g/mol. The number of hydrogen-bond donors (Lipinski definition) is 2. The Morgan fingerprint density at radius 3 is 2.40 bits per heavy atom. The maximum Gasteiger partial charge on any atom is 0.287 e. The summed E-state index contributed by atoms with van der Waals surface area (Å²) in [4.78, 5) is 45.2. The van der Waals surface area contributed by atoms with Crippen LogP contribution in [0.4, 0.5) is 0 Å². The number of fused-ring (bicyclic) bond motifs is 1. The van der Waals surface area contributed by atoms with Crippen LogP contribution in [-0.2, 0) is 25.8 Å². The molecule has 1 fully saturated rings. The molecule has 1 aliphatic rings. The van der Waals surface area contributed by atoms with E-state index < -0.39 is 32.9 Å². The molecule has 3 heterocycles. The standard InChI is InChI=1S/C30H28Cl2N4O6S/c31-20-4-7-23(8-5-20)43(40,41)24-10-13-36(14-11-24)28(37)18-34-29(38)25(17-22-3-1-2-12-33-22)35-30(39)27-16-19-15-21(32)6-9-26(19)42-27/h1-9,12,15-16,24-25H,10-11,13-14,17-18H2,(H,34,38)(H,35,39)/t25-/m0/s1. The Labute approximate surface area is 258 Å². The smallest absolute Gasteiger partial charge is 0.287 e. The number of carbonyl (C=O) groups is 3. The Kier molecular flexibility index (Phi) is 9.34. The van der Waals surface area contributed by atoms with Gasteiger partial charge in [0.1, 0.15) is 11.6 Å². The van der Waals surface area contributed by atoms with E-state index >= 15 is 0 Å². The highest BCUT2D eigenvalue weighted by atomic mass is 35.5. The maximum absolute atomic E-state index is 13.2. The Balaban J connectivity index is 1.19. The van der Waals surface area contributed by atoms with Crippen LogP contribution < -0.4 is 10.6 Å². The highest BCUT2D eigenvalue weighted by Crippen LogP contribution is 2.26. The van der Waals surface area contributed by atoms with Crippen molar-refractivity contribution >= 4 is 61.7 Å². The van der Waals surface area contributed by atoms with Crippen LogP contribution in [0.25, 0.3) is 11.0 Å². The zero-order chi connectivity index (χ0) is 30.6. The Morgan fingerprint density at radius 1 is 0.977 bits per heavy atom. The number of nitrogens with one attached hydrogen (secondary N) is 2. The molecule has 2 N–H and O–H groups in total. The maximum atomic E-state index is 13.2. The molecule has 1 saturated heterocycles. The summed E-state index contributed by atoms with van der Waals surface area (Å²) in [5.74, 6) is -1.54. The lowest BCUT2D eigenvalue weighted by Crippen LogP contribution is -2.51. The number of benzene rings is 2. The van der Waals surface area contributed by atoms with Gasteiger partial charge in [-0.05, 0) is 73.5 Å². The van der Waals surface area contributed by atoms with Gasteiger partial charge in [0.2, 0.25) is 11.8 Å². The predicted octanol–water partition coefficient (Wildman–Crippen LogP) is 4.06. The van der Waals surface area contributed by atoms with Gasteiger partial charge in [-0.15, -0.1) is 0 Å². The summed E-state index contributed by atoms with van der Waals surface area (Å²) in [5, 5.41) is 6.25. The molecular formula is C30H28Cl2N4O6S. The number of aromatic nitrogens is 1. The van der Waals surface area contributed by atoms with Crippen molar-refractivity contribution in [3.05, 3.63) is 94.4 Å². The number of carbonyl (C=O) groups excluding carboxylic acids is 3. The van der Waals surface area contributed by atoms with Crippen molar-refractivity contribution < 1.29 is 27.2 Å². The number of nitrogens with zero attached hydrogens (tertiary/aromatic N) is 2. The summed E-state index contributed by atoms with van der Waals surface area (Å²) >= 11 is 11.9. The Morgan fingerprint density at radius 2 is 1.70 bits per heavy atom. The highest BCUT2D eigenvalue weighted by molar-refractivity contribution is 7.92. The summed E-state index contributed by atoms with van der Waals surface area (Å²) in [7, 11) is -3.57. The highest BCUT2D eigenvalue weighted by Gasteiger charge is 2.33. The molecule has 1 aliphatic heterocycles. The number of amides is 3. The molecule has 13 heteroatoms. The molecule has 43 heavy (non-hydrogen) atoms. The van der Waals surface area contributed by atoms with E-state index in [1.165, 1.54) is 35.2 Å². The van der Waals surface area contributed by atoms with Gasteiger partial charge in [0.15, 0.2) is 15.6 Å². The van der Waals surface area contributed by atoms with E-state index in [4.69, 9.17) is 27.6 Å². The molecule has 2 aromatic heterocycles. The largest absolute Gasteiger partial charge is 0.451 e. The average Bonchev–Trinajstić information content (AvgIpc) is 3.43. The first-order valence-electron chi connectivity index (χ1n) is 13.5. The third kappa shape index (κ3) is 7.35. The second-order valence-electron chi connectivity index (χ2n) is 10.1. The minimum Gasteiger partial charge on any atom is -0.451 e. The van der Waals surface area contributed by atoms with Crippen molar-refractivity contribution in [2.24, 2.45) is 0 Å². The van der Waals surface area contributed by atoms with Gasteiger partial charge >= 0.3 is 0 Å². The molecule has 5 rings (SSSR count). The van der Waals surface area contributed by atoms with Crippen molar-refractivity contribution in [3.63, 3.8) is 0 Å². The summed E-state index contributed by atoms with van der Waals surface area (Å²) in [6.07, 6.45) is 2.19. The minimum atomic E-state index is -3.57. The molecule has 0 aliphatic carbocycles. The third-order valence-corrected chi connectivity index (χ3v) is 10.0. The molecule has 3 amide bonds. The van der Waals surface area contributed by atoms with Crippen molar-refractivity contribution in [3.8, 4) is 0 Å². The van der Waals surface area contributed by atoms with Crippen LogP contribution in [0.2, 0.25) is 10.0 Å². The van der Waals surface area contributed by atoms with Crippen LogP contribution >= 0.6 is 23.2 Å². The zero-order valence-electron chi connectivity index (χ0n) is 22.8. The number of hydrogen-bond acceptors (Lipinski definition) is 7. The molecule has 0 unspecified atom stereocenters. The number of sulfone groups is 1. The summed E-state index contributed by atoms with van der Waals surface area (Å²) in [6.45, 7) is 0.151. The van der Waals surface area contributed by atoms with Gasteiger partial charge in [-0.25, -0.2) is 8.42 Å². The topological polar surface area (TPSA) is 139 Å². The molecule has 4 aromatic rings. The van der Waals surface area contributed by atoms with E-state index in [0.29, 0.717) is 26.7 Å². The Bertz CT molecular complexity index is 1740. The molecule has 2 aromatic carbocycles. The summed E-state index contributed by atoms with van der Waals surface area (Å²) in [6, 6.07) is 16.7. The van der Waals surface area contributed by atoms with E-state index in [2.05, 4.69) is 15.6 Å². The lowest BCUT2D eigenvalue weighted by Gasteiger charge is -2.32. The summed E-state index contributed by atoms with van der Waals surface area (Å²) in [5.41, 5.74) is 1.03. The third-order valence-electron chi connectivity index (χ3n) is 7.25. The van der Waals surface area contributed by atoms with Crippen molar-refractivity contribution in [2.75, 3.05) is 19.6 Å². The van der Waals surface area contributed by atoms with Crippen LogP contribution in [-0.4, -0.2) is 66.9 Å². The first-order valence-corrected chi connectivity index (χ1v) is 15.9. The van der Waals surface area contributed by atoms with E-state index in [-0.39, 0.29) is 55.5 Å². The SMILES string of the molecule is O=C(N[C@@H](Cc1ccccn1)C(=O)NCC(=O)N1CCC(S(=O)(=O)c2ccc(Cl)cc2)CC1)c1cc2cc(Cl)ccc2o1. The van der Waals surface area contributed by atoms with Crippen LogP contribution in [0.15, 0.2) is 82.2 Å². The van der Waals surface area contributed by atoms with Gasteiger partial charge in [0.25, 0.3) is 5.91 Å². The quantitative estimate of drug-likeness (QED) is 0.281. The van der Waals surface area contributed by atoms with Gasteiger partial charge in [0.05, 0.1) is 16.7 Å². The fourth-order valence-electron chi connectivity index (χ4n) is 4.92. The van der Waals surface area contributed by atoms with E-state index in [0.717, 1.165) is 0 Å². The van der Waals surface area contributed by atoms with Crippen LogP contribution in [0.3, 0.4) is 0 Å². The van der Waals surface area contributed by atoms with Crippen molar-refractivity contribution in [1.82, 2.24) is 20.5 Å². The number of rotatable bonds is 9. The van der Waals surface area contributed by atoms with E-state index in [1.807, 2.05) is 0 Å². The average molecular weight is 644 g/mol. The number of pyridine rings is 1. The Hall–Kier alpha value is -3.93. The molecule has 0 bridgehead atoms. The fraction of sp³-hybridized carbons (Fsp3) is 0.267. The van der Waals surface area contributed by atoms with Crippen LogP contribution in [0, 0.1) is 0 Å². The first-order chi connectivity index (χ1) is 20.6. The second kappa shape index (κ2) is 13.2. The number of halogens is 2. The van der Waals surface area contributed by atoms with Gasteiger partial charge in [-0.1, -0.05) is 29.3 Å². The van der Waals surface area contributed by atoms with Crippen molar-refractivity contribution in [1.29, 1.82) is 0 Å². The fourth-order valence-corrected chi connectivity index (χ4v) is 6.96. The molecule has 0 radical (unpaired) electrons. The van der Waals surface area contributed by atoms with Crippen LogP contribution in [0.5, 0.6) is 0 Å². The second-order valence-corrected chi connectivity index (χ2v) is 13.2. The van der Waals surface area contributed by atoms with Gasteiger partial charge < -0.3 is 20.0 Å². The van der Waals surface area contributed by atoms with E-state index in [1.54, 1.807) is 42.6 Å². The molecule has 224 valence electrons.